The van der Waals surface area contributed by atoms with E-state index in [-0.39, 0.29) is 25.4 Å². The first-order valence-electron chi connectivity index (χ1n) is 7.73. The largest absolute Gasteiger partial charge is 0.460 e. The molecule has 0 saturated carbocycles. The van der Waals surface area contributed by atoms with Crippen LogP contribution in [0.2, 0.25) is 0 Å². The van der Waals surface area contributed by atoms with Gasteiger partial charge < -0.3 is 15.8 Å². The molecule has 0 aliphatic rings. The Balaban J connectivity index is 4.36. The third-order valence-electron chi connectivity index (χ3n) is 3.09. The van der Waals surface area contributed by atoms with Gasteiger partial charge >= 0.3 is 5.97 Å². The van der Waals surface area contributed by atoms with E-state index in [4.69, 9.17) is 10.5 Å². The summed E-state index contributed by atoms with van der Waals surface area (Å²) in [5.41, 5.74) is 7.46. The minimum Gasteiger partial charge on any atom is -0.460 e. The Morgan fingerprint density at radius 3 is 2.26 bits per heavy atom. The van der Waals surface area contributed by atoms with E-state index in [2.05, 4.69) is 25.2 Å². The summed E-state index contributed by atoms with van der Waals surface area (Å²) in [5.74, 6) is -1.44. The van der Waals surface area contributed by atoms with Crippen LogP contribution in [0.25, 0.3) is 0 Å². The maximum Gasteiger partial charge on any atom is 0.328 e. The second-order valence-electron chi connectivity index (χ2n) is 5.76. The summed E-state index contributed by atoms with van der Waals surface area (Å²) in [7, 11) is 0. The first-order chi connectivity index (χ1) is 10.7. The molecule has 23 heavy (non-hydrogen) atoms. The van der Waals surface area contributed by atoms with E-state index in [0.717, 1.165) is 18.4 Å². The lowest BCUT2D eigenvalue weighted by Gasteiger charge is -2.15. The van der Waals surface area contributed by atoms with Crippen LogP contribution in [0.5, 0.6) is 0 Å². The summed E-state index contributed by atoms with van der Waals surface area (Å²) < 4.78 is 5.14. The van der Waals surface area contributed by atoms with Gasteiger partial charge in [-0.3, -0.25) is 9.59 Å². The molecule has 0 saturated heterocycles. The van der Waals surface area contributed by atoms with Crippen LogP contribution in [0.1, 0.15) is 53.4 Å². The normalized spacial score (nSPS) is 12.3. The number of carbonyl (C=O) groups excluding carboxylic acids is 3. The van der Waals surface area contributed by atoms with Crippen LogP contribution in [-0.4, -0.2) is 30.4 Å². The highest BCUT2D eigenvalue weighted by Gasteiger charge is 2.21. The Labute approximate surface area is 138 Å². The number of ether oxygens (including phenoxy) is 1. The lowest BCUT2D eigenvalue weighted by Crippen LogP contribution is -2.41. The molecule has 0 aromatic rings. The molecule has 0 aliphatic carbocycles. The lowest BCUT2D eigenvalue weighted by molar-refractivity contribution is -0.146. The quantitative estimate of drug-likeness (QED) is 0.474. The average molecular weight is 324 g/mol. The van der Waals surface area contributed by atoms with E-state index in [1.807, 2.05) is 13.0 Å². The molecular formula is C17H28N2O4. The maximum atomic E-state index is 11.9. The van der Waals surface area contributed by atoms with Crippen molar-refractivity contribution in [3.63, 3.8) is 0 Å². The van der Waals surface area contributed by atoms with Crippen molar-refractivity contribution in [1.29, 1.82) is 0 Å². The van der Waals surface area contributed by atoms with E-state index < -0.39 is 17.9 Å². The van der Waals surface area contributed by atoms with E-state index in [1.165, 1.54) is 12.5 Å². The minimum absolute atomic E-state index is 0.0115. The zero-order valence-electron chi connectivity index (χ0n) is 14.5. The molecule has 0 fully saturated rings. The molecule has 0 heterocycles. The van der Waals surface area contributed by atoms with Crippen molar-refractivity contribution >= 4 is 17.8 Å². The van der Waals surface area contributed by atoms with Crippen molar-refractivity contribution in [2.45, 2.75) is 59.4 Å². The number of primary amides is 1. The van der Waals surface area contributed by atoms with Gasteiger partial charge in [0.1, 0.15) is 12.6 Å². The van der Waals surface area contributed by atoms with Crippen LogP contribution in [0.3, 0.4) is 0 Å². The molecule has 1 atom stereocenters. The Morgan fingerprint density at radius 1 is 1.09 bits per heavy atom. The fourth-order valence-corrected chi connectivity index (χ4v) is 1.84. The van der Waals surface area contributed by atoms with E-state index >= 15 is 0 Å². The number of allylic oxidation sites excluding steroid dienone is 3. The molecule has 0 aromatic heterocycles. The molecule has 0 bridgehead atoms. The molecule has 0 aliphatic heterocycles. The van der Waals surface area contributed by atoms with Gasteiger partial charge in [-0.2, -0.15) is 0 Å². The third-order valence-corrected chi connectivity index (χ3v) is 3.09. The van der Waals surface area contributed by atoms with Crippen LogP contribution < -0.4 is 11.1 Å². The number of nitrogens with one attached hydrogen (secondary N) is 1. The summed E-state index contributed by atoms with van der Waals surface area (Å²) >= 11 is 0. The van der Waals surface area contributed by atoms with Crippen molar-refractivity contribution in [1.82, 2.24) is 5.32 Å². The van der Waals surface area contributed by atoms with Gasteiger partial charge in [0, 0.05) is 13.3 Å². The van der Waals surface area contributed by atoms with Crippen LogP contribution in [0.4, 0.5) is 0 Å². The number of rotatable bonds is 10. The van der Waals surface area contributed by atoms with Gasteiger partial charge in [0.15, 0.2) is 0 Å². The van der Waals surface area contributed by atoms with Crippen LogP contribution in [-0.2, 0) is 19.1 Å². The second-order valence-corrected chi connectivity index (χ2v) is 5.76. The van der Waals surface area contributed by atoms with Crippen LogP contribution in [0, 0.1) is 0 Å². The van der Waals surface area contributed by atoms with Crippen molar-refractivity contribution in [2.24, 2.45) is 5.73 Å². The monoisotopic (exact) mass is 324 g/mol. The molecular weight excluding hydrogens is 296 g/mol. The number of nitrogens with two attached hydrogens (primary N) is 1. The second kappa shape index (κ2) is 11.5. The topological polar surface area (TPSA) is 98.5 Å². The van der Waals surface area contributed by atoms with Gasteiger partial charge in [-0.15, -0.1) is 0 Å². The van der Waals surface area contributed by atoms with Gasteiger partial charge in [-0.1, -0.05) is 17.2 Å². The molecule has 6 heteroatoms. The summed E-state index contributed by atoms with van der Waals surface area (Å²) in [6, 6.07) is -0.848. The smallest absolute Gasteiger partial charge is 0.328 e. The maximum absolute atomic E-state index is 11.9. The molecule has 0 spiro atoms. The van der Waals surface area contributed by atoms with Crippen LogP contribution >= 0.6 is 0 Å². The van der Waals surface area contributed by atoms with E-state index in [0.29, 0.717) is 0 Å². The van der Waals surface area contributed by atoms with Crippen molar-refractivity contribution in [3.05, 3.63) is 23.3 Å². The Hall–Kier alpha value is -2.11. The summed E-state index contributed by atoms with van der Waals surface area (Å²) in [4.78, 5) is 33.9. The van der Waals surface area contributed by atoms with Gasteiger partial charge in [-0.25, -0.2) is 4.79 Å². The van der Waals surface area contributed by atoms with E-state index in [1.54, 1.807) is 0 Å². The van der Waals surface area contributed by atoms with Crippen molar-refractivity contribution in [2.75, 3.05) is 6.61 Å². The number of hydrogen-bond donors (Lipinski definition) is 2. The Bertz CT molecular complexity index is 477. The molecule has 3 N–H and O–H groups in total. The van der Waals surface area contributed by atoms with Gasteiger partial charge in [0.25, 0.3) is 0 Å². The molecule has 130 valence electrons. The minimum atomic E-state index is -0.848. The number of hydrogen-bond acceptors (Lipinski definition) is 4. The molecule has 0 radical (unpaired) electrons. The zero-order valence-corrected chi connectivity index (χ0v) is 14.5. The summed E-state index contributed by atoms with van der Waals surface area (Å²) in [6.07, 6.45) is 6.00. The van der Waals surface area contributed by atoms with Crippen molar-refractivity contribution < 1.29 is 19.1 Å². The molecule has 0 aromatic carbocycles. The van der Waals surface area contributed by atoms with E-state index in [9.17, 15) is 14.4 Å². The molecule has 2 amide bonds. The van der Waals surface area contributed by atoms with Gasteiger partial charge in [-0.05, 0) is 46.1 Å². The SMILES string of the molecule is CC(=O)N[C@@H](CCC(N)=O)C(=O)OC/C=C(\C)CCC=C(C)C. The summed E-state index contributed by atoms with van der Waals surface area (Å²) in [6.45, 7) is 7.53. The van der Waals surface area contributed by atoms with Gasteiger partial charge in [0.05, 0.1) is 0 Å². The zero-order chi connectivity index (χ0) is 17.8. The standard InChI is InChI=1S/C17H28N2O4/c1-12(2)6-5-7-13(3)10-11-23-17(22)15(19-14(4)20)8-9-16(18)21/h6,10,15H,5,7-9,11H2,1-4H3,(H2,18,21)(H,19,20)/b13-10+/t15-/m0/s1. The average Bonchev–Trinajstić information content (AvgIpc) is 2.42. The molecule has 6 nitrogen and oxygen atoms in total. The number of carbonyl (C=O) groups is 3. The lowest BCUT2D eigenvalue weighted by atomic mass is 10.1. The third kappa shape index (κ3) is 12.1. The van der Waals surface area contributed by atoms with Gasteiger partial charge in [0.2, 0.25) is 11.8 Å². The first-order valence-corrected chi connectivity index (χ1v) is 7.73. The van der Waals surface area contributed by atoms with Crippen molar-refractivity contribution in [3.8, 4) is 0 Å². The highest BCUT2D eigenvalue weighted by molar-refractivity contribution is 5.84. The Kier molecular flexibility index (Phi) is 10.4. The summed E-state index contributed by atoms with van der Waals surface area (Å²) in [5, 5.41) is 2.47. The molecule has 0 rings (SSSR count). The highest BCUT2D eigenvalue weighted by Crippen LogP contribution is 2.07. The predicted octanol–water partition coefficient (Wildman–Crippen LogP) is 1.99. The van der Waals surface area contributed by atoms with Crippen LogP contribution in [0.15, 0.2) is 23.3 Å². The Morgan fingerprint density at radius 2 is 1.74 bits per heavy atom. The molecule has 0 unspecified atom stereocenters. The fraction of sp³-hybridized carbons (Fsp3) is 0.588. The number of amides is 2. The predicted molar refractivity (Wildman–Crippen MR) is 89.4 cm³/mol. The highest BCUT2D eigenvalue weighted by atomic mass is 16.5. The number of esters is 1. The first kappa shape index (κ1) is 20.9. The fourth-order valence-electron chi connectivity index (χ4n) is 1.84.